The summed E-state index contributed by atoms with van der Waals surface area (Å²) in [6.07, 6.45) is 0. The van der Waals surface area contributed by atoms with Crippen LogP contribution >= 0.6 is 0 Å². The third-order valence-electron chi connectivity index (χ3n) is 2.61. The van der Waals surface area contributed by atoms with Crippen LogP contribution in [-0.4, -0.2) is 21.5 Å². The summed E-state index contributed by atoms with van der Waals surface area (Å²) in [4.78, 5) is 0. The molecule has 3 N–H and O–H groups in total. The van der Waals surface area contributed by atoms with E-state index in [0.29, 0.717) is 0 Å². The molecule has 15 heavy (non-hydrogen) atoms. The molecule has 0 bridgehead atoms. The molecule has 1 aromatic heterocycles. The molecule has 0 radical (unpaired) electrons. The SMILES string of the molecule is Cn1nc2ccccc2c1C(C)(N)CO. The van der Waals surface area contributed by atoms with E-state index in [2.05, 4.69) is 5.10 Å². The lowest BCUT2D eigenvalue weighted by Gasteiger charge is -2.22. The lowest BCUT2D eigenvalue weighted by molar-refractivity contribution is 0.204. The maximum Gasteiger partial charge on any atom is 0.0926 e. The van der Waals surface area contributed by atoms with Gasteiger partial charge >= 0.3 is 0 Å². The molecule has 1 heterocycles. The Hall–Kier alpha value is -1.39. The molecule has 1 atom stereocenters. The van der Waals surface area contributed by atoms with Crippen LogP contribution in [-0.2, 0) is 12.6 Å². The van der Waals surface area contributed by atoms with Crippen molar-refractivity contribution in [3.05, 3.63) is 30.0 Å². The lowest BCUT2D eigenvalue weighted by Crippen LogP contribution is -2.39. The average molecular weight is 205 g/mol. The van der Waals surface area contributed by atoms with Crippen LogP contribution in [0.25, 0.3) is 10.9 Å². The zero-order valence-corrected chi connectivity index (χ0v) is 8.94. The zero-order valence-electron chi connectivity index (χ0n) is 8.94. The van der Waals surface area contributed by atoms with Crippen molar-refractivity contribution in [1.29, 1.82) is 0 Å². The van der Waals surface area contributed by atoms with Gasteiger partial charge in [-0.15, -0.1) is 0 Å². The summed E-state index contributed by atoms with van der Waals surface area (Å²) in [7, 11) is 1.84. The number of nitrogens with zero attached hydrogens (tertiary/aromatic N) is 2. The number of rotatable bonds is 2. The Balaban J connectivity index is 2.74. The van der Waals surface area contributed by atoms with Crippen molar-refractivity contribution in [1.82, 2.24) is 9.78 Å². The van der Waals surface area contributed by atoms with Gasteiger partial charge in [-0.2, -0.15) is 5.10 Å². The van der Waals surface area contributed by atoms with E-state index in [9.17, 15) is 5.11 Å². The van der Waals surface area contributed by atoms with Crippen LogP contribution in [0.15, 0.2) is 24.3 Å². The first-order valence-corrected chi connectivity index (χ1v) is 4.88. The van der Waals surface area contributed by atoms with Crippen molar-refractivity contribution < 1.29 is 5.11 Å². The summed E-state index contributed by atoms with van der Waals surface area (Å²) in [6.45, 7) is 1.70. The van der Waals surface area contributed by atoms with Gasteiger partial charge in [0.25, 0.3) is 0 Å². The minimum atomic E-state index is -0.759. The zero-order chi connectivity index (χ0) is 11.1. The lowest BCUT2D eigenvalue weighted by atomic mass is 9.97. The predicted molar refractivity (Wildman–Crippen MR) is 59.3 cm³/mol. The third-order valence-corrected chi connectivity index (χ3v) is 2.61. The Morgan fingerprint density at radius 2 is 2.13 bits per heavy atom. The van der Waals surface area contributed by atoms with E-state index in [1.807, 2.05) is 31.3 Å². The Labute approximate surface area is 88.3 Å². The monoisotopic (exact) mass is 205 g/mol. The molecule has 4 heteroatoms. The molecule has 4 nitrogen and oxygen atoms in total. The topological polar surface area (TPSA) is 64.1 Å². The summed E-state index contributed by atoms with van der Waals surface area (Å²) < 4.78 is 1.74. The van der Waals surface area contributed by atoms with Crippen molar-refractivity contribution in [2.75, 3.05) is 6.61 Å². The Morgan fingerprint density at radius 3 is 2.80 bits per heavy atom. The number of aliphatic hydroxyl groups excluding tert-OH is 1. The maximum absolute atomic E-state index is 9.28. The highest BCUT2D eigenvalue weighted by Gasteiger charge is 2.26. The van der Waals surface area contributed by atoms with Crippen LogP contribution < -0.4 is 5.73 Å². The summed E-state index contributed by atoms with van der Waals surface area (Å²) in [6, 6.07) is 7.79. The first kappa shape index (κ1) is 10.1. The number of hydrogen-bond donors (Lipinski definition) is 2. The summed E-state index contributed by atoms with van der Waals surface area (Å²) >= 11 is 0. The van der Waals surface area contributed by atoms with Gasteiger partial charge in [0.1, 0.15) is 0 Å². The van der Waals surface area contributed by atoms with E-state index in [0.717, 1.165) is 16.6 Å². The highest BCUT2D eigenvalue weighted by atomic mass is 16.3. The van der Waals surface area contributed by atoms with Crippen LogP contribution in [0.1, 0.15) is 12.6 Å². The molecule has 0 aliphatic heterocycles. The molecule has 0 amide bonds. The minimum Gasteiger partial charge on any atom is -0.394 e. The largest absolute Gasteiger partial charge is 0.394 e. The van der Waals surface area contributed by atoms with Crippen molar-refractivity contribution >= 4 is 10.9 Å². The number of aromatic nitrogens is 2. The van der Waals surface area contributed by atoms with Crippen molar-refractivity contribution in [2.24, 2.45) is 12.8 Å². The van der Waals surface area contributed by atoms with E-state index in [1.165, 1.54) is 0 Å². The summed E-state index contributed by atoms with van der Waals surface area (Å²) in [5.41, 5.74) is 7.04. The second-order valence-electron chi connectivity index (χ2n) is 4.06. The second-order valence-corrected chi connectivity index (χ2v) is 4.06. The predicted octanol–water partition coefficient (Wildman–Crippen LogP) is 0.739. The van der Waals surface area contributed by atoms with Crippen molar-refractivity contribution in [3.8, 4) is 0 Å². The Morgan fingerprint density at radius 1 is 1.47 bits per heavy atom. The molecule has 0 fully saturated rings. The fraction of sp³-hybridized carbons (Fsp3) is 0.364. The highest BCUT2D eigenvalue weighted by molar-refractivity contribution is 5.82. The molecule has 0 spiro atoms. The van der Waals surface area contributed by atoms with Gasteiger partial charge in [0, 0.05) is 12.4 Å². The maximum atomic E-state index is 9.28. The van der Waals surface area contributed by atoms with Gasteiger partial charge in [-0.3, -0.25) is 4.68 Å². The second kappa shape index (κ2) is 3.32. The Kier molecular flexibility index (Phi) is 2.25. The van der Waals surface area contributed by atoms with E-state index >= 15 is 0 Å². The number of hydrogen-bond acceptors (Lipinski definition) is 3. The van der Waals surface area contributed by atoms with Gasteiger partial charge in [0.05, 0.1) is 23.4 Å². The van der Waals surface area contributed by atoms with Gasteiger partial charge in [-0.05, 0) is 13.0 Å². The Bertz CT molecular complexity index is 488. The third kappa shape index (κ3) is 1.52. The smallest absolute Gasteiger partial charge is 0.0926 e. The normalized spacial score (nSPS) is 15.5. The average Bonchev–Trinajstić information content (AvgIpc) is 2.54. The van der Waals surface area contributed by atoms with E-state index in [1.54, 1.807) is 11.6 Å². The van der Waals surface area contributed by atoms with Crippen LogP contribution in [0.5, 0.6) is 0 Å². The van der Waals surface area contributed by atoms with Crippen molar-refractivity contribution in [3.63, 3.8) is 0 Å². The molecule has 1 unspecified atom stereocenters. The molecular formula is C11H15N3O. The molecule has 2 aromatic rings. The van der Waals surface area contributed by atoms with Crippen LogP contribution in [0.2, 0.25) is 0 Å². The fourth-order valence-electron chi connectivity index (χ4n) is 1.90. The van der Waals surface area contributed by atoms with Gasteiger partial charge in [-0.1, -0.05) is 18.2 Å². The van der Waals surface area contributed by atoms with Crippen LogP contribution in [0.3, 0.4) is 0 Å². The fourth-order valence-corrected chi connectivity index (χ4v) is 1.90. The molecule has 0 aliphatic rings. The van der Waals surface area contributed by atoms with Crippen LogP contribution in [0, 0.1) is 0 Å². The van der Waals surface area contributed by atoms with Gasteiger partial charge in [0.15, 0.2) is 0 Å². The summed E-state index contributed by atoms with van der Waals surface area (Å²) in [5, 5.41) is 14.6. The van der Waals surface area contributed by atoms with Crippen molar-refractivity contribution in [2.45, 2.75) is 12.5 Å². The molecule has 0 aliphatic carbocycles. The molecule has 80 valence electrons. The first-order chi connectivity index (χ1) is 7.06. The molecule has 2 rings (SSSR count). The number of nitrogens with two attached hydrogens (primary N) is 1. The molecular weight excluding hydrogens is 190 g/mol. The van der Waals surface area contributed by atoms with Crippen LogP contribution in [0.4, 0.5) is 0 Å². The van der Waals surface area contributed by atoms with Gasteiger partial charge in [0.2, 0.25) is 0 Å². The first-order valence-electron chi connectivity index (χ1n) is 4.88. The number of aryl methyl sites for hydroxylation is 1. The van der Waals surface area contributed by atoms with E-state index < -0.39 is 5.54 Å². The summed E-state index contributed by atoms with van der Waals surface area (Å²) in [5.74, 6) is 0. The number of aliphatic hydroxyl groups is 1. The molecule has 0 saturated carbocycles. The van der Waals surface area contributed by atoms with E-state index in [-0.39, 0.29) is 6.61 Å². The molecule has 0 saturated heterocycles. The van der Waals surface area contributed by atoms with Gasteiger partial charge < -0.3 is 10.8 Å². The number of benzene rings is 1. The quantitative estimate of drug-likeness (QED) is 0.760. The number of fused-ring (bicyclic) bond motifs is 1. The molecule has 1 aromatic carbocycles. The highest BCUT2D eigenvalue weighted by Crippen LogP contribution is 2.25. The minimum absolute atomic E-state index is 0.101. The van der Waals surface area contributed by atoms with Gasteiger partial charge in [-0.25, -0.2) is 0 Å². The van der Waals surface area contributed by atoms with E-state index in [4.69, 9.17) is 5.73 Å². The standard InChI is InChI=1S/C11H15N3O/c1-11(12,7-15)10-8-5-3-4-6-9(8)13-14(10)2/h3-6,15H,7,12H2,1-2H3.